The quantitative estimate of drug-likeness (QED) is 0.713. The molecule has 5 heteroatoms. The van der Waals surface area contributed by atoms with E-state index >= 15 is 0 Å². The predicted octanol–water partition coefficient (Wildman–Crippen LogP) is 0.965. The van der Waals surface area contributed by atoms with Gasteiger partial charge in [-0.15, -0.1) is 0 Å². The number of carbonyl (C=O) groups is 1. The third kappa shape index (κ3) is 2.41. The first-order valence-corrected chi connectivity index (χ1v) is 5.69. The van der Waals surface area contributed by atoms with Crippen LogP contribution in [0.15, 0.2) is 0 Å². The fourth-order valence-corrected chi connectivity index (χ4v) is 1.94. The Bertz CT molecular complexity index is 379. The van der Waals surface area contributed by atoms with Gasteiger partial charge in [0.15, 0.2) is 5.82 Å². The van der Waals surface area contributed by atoms with Gasteiger partial charge in [0, 0.05) is 17.7 Å². The molecule has 1 atom stereocenters. The van der Waals surface area contributed by atoms with E-state index in [9.17, 15) is 4.79 Å². The lowest BCUT2D eigenvalue weighted by Gasteiger charge is -2.07. The topological polar surface area (TPSA) is 69.8 Å². The van der Waals surface area contributed by atoms with Gasteiger partial charge in [0.1, 0.15) is 0 Å². The van der Waals surface area contributed by atoms with E-state index in [4.69, 9.17) is 0 Å². The highest BCUT2D eigenvalue weighted by Gasteiger charge is 2.19. The summed E-state index contributed by atoms with van der Waals surface area (Å²) in [7, 11) is 0. The first kappa shape index (κ1) is 11.1. The number of carbonyl (C=O) groups excluding carboxylic acids is 1. The van der Waals surface area contributed by atoms with E-state index in [0.29, 0.717) is 18.2 Å². The minimum Gasteiger partial charge on any atom is -0.316 e. The molecule has 0 spiro atoms. The van der Waals surface area contributed by atoms with Crippen LogP contribution >= 0.6 is 0 Å². The molecule has 3 N–H and O–H groups in total. The zero-order valence-electron chi connectivity index (χ0n) is 9.76. The van der Waals surface area contributed by atoms with Crippen LogP contribution in [-0.2, 0) is 4.79 Å². The number of hydrogen-bond donors (Lipinski definition) is 3. The molecule has 88 valence electrons. The van der Waals surface area contributed by atoms with E-state index in [-0.39, 0.29) is 5.91 Å². The monoisotopic (exact) mass is 222 g/mol. The van der Waals surface area contributed by atoms with Gasteiger partial charge in [-0.25, -0.2) is 0 Å². The maximum absolute atomic E-state index is 11.7. The standard InChI is InChI=1S/C11H18N4O/c1-7-8(2)14-15-11(7)13-10(16)5-9-3-4-12-6-9/h9,12H,3-6H2,1-2H3,(H2,13,14,15,16). The van der Waals surface area contributed by atoms with Crippen LogP contribution in [0.3, 0.4) is 0 Å². The van der Waals surface area contributed by atoms with Crippen molar-refractivity contribution in [2.24, 2.45) is 5.92 Å². The lowest BCUT2D eigenvalue weighted by molar-refractivity contribution is -0.117. The second-order valence-electron chi connectivity index (χ2n) is 4.43. The predicted molar refractivity (Wildman–Crippen MR) is 62.3 cm³/mol. The van der Waals surface area contributed by atoms with E-state index < -0.39 is 0 Å². The maximum Gasteiger partial charge on any atom is 0.225 e. The molecule has 1 saturated heterocycles. The van der Waals surface area contributed by atoms with Gasteiger partial charge in [0.05, 0.1) is 0 Å². The average Bonchev–Trinajstić information content (AvgIpc) is 2.83. The van der Waals surface area contributed by atoms with Crippen molar-refractivity contribution in [1.82, 2.24) is 15.5 Å². The highest BCUT2D eigenvalue weighted by Crippen LogP contribution is 2.16. The van der Waals surface area contributed by atoms with E-state index in [2.05, 4.69) is 20.8 Å². The summed E-state index contributed by atoms with van der Waals surface area (Å²) in [5.41, 5.74) is 2.01. The molecule has 0 aromatic carbocycles. The molecule has 1 amide bonds. The largest absolute Gasteiger partial charge is 0.316 e. The van der Waals surface area contributed by atoms with Gasteiger partial charge >= 0.3 is 0 Å². The van der Waals surface area contributed by atoms with Crippen LogP contribution in [0.4, 0.5) is 5.82 Å². The van der Waals surface area contributed by atoms with E-state index in [0.717, 1.165) is 30.8 Å². The molecule has 0 bridgehead atoms. The van der Waals surface area contributed by atoms with Gasteiger partial charge < -0.3 is 10.6 Å². The zero-order chi connectivity index (χ0) is 11.5. The molecule has 0 saturated carbocycles. The van der Waals surface area contributed by atoms with Crippen molar-refractivity contribution >= 4 is 11.7 Å². The van der Waals surface area contributed by atoms with Crippen molar-refractivity contribution in [3.8, 4) is 0 Å². The highest BCUT2D eigenvalue weighted by atomic mass is 16.1. The minimum atomic E-state index is 0.0586. The maximum atomic E-state index is 11.7. The van der Waals surface area contributed by atoms with Crippen molar-refractivity contribution in [2.75, 3.05) is 18.4 Å². The molecule has 1 fully saturated rings. The summed E-state index contributed by atoms with van der Waals surface area (Å²) in [6.45, 7) is 5.87. The number of hydrogen-bond acceptors (Lipinski definition) is 3. The van der Waals surface area contributed by atoms with Crippen molar-refractivity contribution in [1.29, 1.82) is 0 Å². The van der Waals surface area contributed by atoms with Crippen LogP contribution in [0.25, 0.3) is 0 Å². The zero-order valence-corrected chi connectivity index (χ0v) is 9.76. The molecule has 1 aromatic rings. The molecular weight excluding hydrogens is 204 g/mol. The Balaban J connectivity index is 1.89. The molecule has 1 aromatic heterocycles. The molecule has 5 nitrogen and oxygen atoms in total. The normalized spacial score (nSPS) is 20.0. The summed E-state index contributed by atoms with van der Waals surface area (Å²) in [4.78, 5) is 11.7. The summed E-state index contributed by atoms with van der Waals surface area (Å²) in [6.07, 6.45) is 1.67. The molecule has 1 unspecified atom stereocenters. The first-order valence-electron chi connectivity index (χ1n) is 5.69. The molecule has 2 heterocycles. The number of nitrogens with one attached hydrogen (secondary N) is 3. The number of aromatic nitrogens is 2. The summed E-state index contributed by atoms with van der Waals surface area (Å²) in [6, 6.07) is 0. The van der Waals surface area contributed by atoms with E-state index in [1.807, 2.05) is 13.8 Å². The number of aryl methyl sites for hydroxylation is 1. The smallest absolute Gasteiger partial charge is 0.225 e. The number of amides is 1. The fraction of sp³-hybridized carbons (Fsp3) is 0.636. The van der Waals surface area contributed by atoms with Gasteiger partial charge in [-0.2, -0.15) is 5.10 Å². The number of H-pyrrole nitrogens is 1. The summed E-state index contributed by atoms with van der Waals surface area (Å²) < 4.78 is 0. The third-order valence-corrected chi connectivity index (χ3v) is 3.15. The summed E-state index contributed by atoms with van der Waals surface area (Å²) in [5.74, 6) is 1.19. The molecule has 2 rings (SSSR count). The summed E-state index contributed by atoms with van der Waals surface area (Å²) >= 11 is 0. The van der Waals surface area contributed by atoms with Crippen molar-refractivity contribution in [3.05, 3.63) is 11.3 Å². The van der Waals surface area contributed by atoms with Gasteiger partial charge in [-0.05, 0) is 39.3 Å². The van der Waals surface area contributed by atoms with E-state index in [1.165, 1.54) is 0 Å². The average molecular weight is 222 g/mol. The second kappa shape index (κ2) is 4.65. The lowest BCUT2D eigenvalue weighted by Crippen LogP contribution is -2.18. The Morgan fingerprint density at radius 2 is 2.38 bits per heavy atom. The fourth-order valence-electron chi connectivity index (χ4n) is 1.94. The Hall–Kier alpha value is -1.36. The summed E-state index contributed by atoms with van der Waals surface area (Å²) in [5, 5.41) is 13.0. The number of anilines is 1. The van der Waals surface area contributed by atoms with Crippen LogP contribution in [0.1, 0.15) is 24.1 Å². The first-order chi connectivity index (χ1) is 7.66. The van der Waals surface area contributed by atoms with Crippen LogP contribution in [0.2, 0.25) is 0 Å². The van der Waals surface area contributed by atoms with Crippen LogP contribution < -0.4 is 10.6 Å². The van der Waals surface area contributed by atoms with Gasteiger partial charge in [0.2, 0.25) is 5.91 Å². The number of aromatic amines is 1. The Morgan fingerprint density at radius 1 is 1.56 bits per heavy atom. The van der Waals surface area contributed by atoms with Crippen LogP contribution in [0.5, 0.6) is 0 Å². The minimum absolute atomic E-state index is 0.0586. The van der Waals surface area contributed by atoms with Crippen molar-refractivity contribution < 1.29 is 4.79 Å². The van der Waals surface area contributed by atoms with Crippen LogP contribution in [-0.4, -0.2) is 29.2 Å². The second-order valence-corrected chi connectivity index (χ2v) is 4.43. The molecule has 1 aliphatic rings. The third-order valence-electron chi connectivity index (χ3n) is 3.15. The molecule has 1 aliphatic heterocycles. The number of rotatable bonds is 3. The molecule has 0 aliphatic carbocycles. The van der Waals surface area contributed by atoms with Gasteiger partial charge in [-0.3, -0.25) is 9.89 Å². The van der Waals surface area contributed by atoms with Crippen molar-refractivity contribution in [3.63, 3.8) is 0 Å². The van der Waals surface area contributed by atoms with E-state index in [1.54, 1.807) is 0 Å². The Kier molecular flexibility index (Phi) is 3.24. The Labute approximate surface area is 95.0 Å². The lowest BCUT2D eigenvalue weighted by atomic mass is 10.0. The van der Waals surface area contributed by atoms with Gasteiger partial charge in [0.25, 0.3) is 0 Å². The molecule has 0 radical (unpaired) electrons. The van der Waals surface area contributed by atoms with Crippen LogP contribution in [0, 0.1) is 19.8 Å². The van der Waals surface area contributed by atoms with Gasteiger partial charge in [-0.1, -0.05) is 0 Å². The number of nitrogens with zero attached hydrogens (tertiary/aromatic N) is 1. The SMILES string of the molecule is Cc1[nH]nc(NC(=O)CC2CCNC2)c1C. The molecular formula is C11H18N4O. The Morgan fingerprint density at radius 3 is 2.94 bits per heavy atom. The molecule has 16 heavy (non-hydrogen) atoms. The highest BCUT2D eigenvalue weighted by molar-refractivity contribution is 5.90. The van der Waals surface area contributed by atoms with Crippen molar-refractivity contribution in [2.45, 2.75) is 26.7 Å².